The molecule has 0 bridgehead atoms. The topological polar surface area (TPSA) is 103 Å². The van der Waals surface area contributed by atoms with Crippen LogP contribution in [0.4, 0.5) is 0 Å². The molecule has 1 aromatic carbocycles. The van der Waals surface area contributed by atoms with Gasteiger partial charge in [-0.1, -0.05) is 26.0 Å². The number of nitrogens with one attached hydrogen (secondary N) is 2. The van der Waals surface area contributed by atoms with E-state index in [4.69, 9.17) is 27.4 Å². The van der Waals surface area contributed by atoms with Gasteiger partial charge in [0, 0.05) is 5.70 Å². The molecule has 1 unspecified atom stereocenters. The van der Waals surface area contributed by atoms with Gasteiger partial charge < -0.3 is 25.8 Å². The highest BCUT2D eigenvalue weighted by Gasteiger charge is 2.31. The average molecular weight is 377 g/mol. The summed E-state index contributed by atoms with van der Waals surface area (Å²) in [7, 11) is 0. The third kappa shape index (κ3) is 5.19. The van der Waals surface area contributed by atoms with E-state index in [-0.39, 0.29) is 12.5 Å². The molecule has 0 radical (unpaired) electrons. The Bertz CT molecular complexity index is 728. The van der Waals surface area contributed by atoms with Gasteiger partial charge in [0.15, 0.2) is 11.7 Å². The molecule has 1 aromatic rings. The van der Waals surface area contributed by atoms with Crippen molar-refractivity contribution in [2.45, 2.75) is 26.8 Å². The van der Waals surface area contributed by atoms with E-state index in [2.05, 4.69) is 10.6 Å². The maximum atomic E-state index is 12.6. The van der Waals surface area contributed by atoms with Gasteiger partial charge in [-0.15, -0.1) is 0 Å². The first kappa shape index (κ1) is 19.7. The lowest BCUT2D eigenvalue weighted by molar-refractivity contribution is -0.140. The molecule has 0 spiro atoms. The van der Waals surface area contributed by atoms with E-state index in [1.807, 2.05) is 13.8 Å². The largest absolute Gasteiger partial charge is 0.484 e. The highest BCUT2D eigenvalue weighted by atomic mass is 32.1. The van der Waals surface area contributed by atoms with Gasteiger partial charge in [-0.05, 0) is 42.8 Å². The molecule has 2 rings (SSSR count). The Balaban J connectivity index is 2.23. The zero-order chi connectivity index (χ0) is 19.3. The minimum Gasteiger partial charge on any atom is -0.484 e. The number of carbonyl (C=O) groups excluding carboxylic acids is 2. The van der Waals surface area contributed by atoms with Crippen molar-refractivity contribution < 1.29 is 19.1 Å². The van der Waals surface area contributed by atoms with Gasteiger partial charge in [-0.25, -0.2) is 4.79 Å². The molecule has 7 nitrogen and oxygen atoms in total. The highest BCUT2D eigenvalue weighted by Crippen LogP contribution is 2.29. The summed E-state index contributed by atoms with van der Waals surface area (Å²) >= 11 is 5.22. The lowest BCUT2D eigenvalue weighted by Crippen LogP contribution is -2.45. The third-order valence-electron chi connectivity index (χ3n) is 3.63. The molecule has 26 heavy (non-hydrogen) atoms. The van der Waals surface area contributed by atoms with Crippen LogP contribution < -0.4 is 21.1 Å². The number of primary amides is 1. The van der Waals surface area contributed by atoms with E-state index < -0.39 is 17.9 Å². The van der Waals surface area contributed by atoms with E-state index in [1.54, 1.807) is 31.2 Å². The van der Waals surface area contributed by atoms with Crippen molar-refractivity contribution >= 4 is 29.2 Å². The Kier molecular flexibility index (Phi) is 6.57. The lowest BCUT2D eigenvalue weighted by Gasteiger charge is -2.30. The second-order valence-electron chi connectivity index (χ2n) is 6.39. The number of ether oxygens (including phenoxy) is 2. The Morgan fingerprint density at radius 2 is 1.92 bits per heavy atom. The van der Waals surface area contributed by atoms with Crippen molar-refractivity contribution in [2.24, 2.45) is 11.7 Å². The first-order valence-electron chi connectivity index (χ1n) is 8.24. The summed E-state index contributed by atoms with van der Waals surface area (Å²) < 4.78 is 10.6. The number of esters is 1. The van der Waals surface area contributed by atoms with Crippen LogP contribution in [0.5, 0.6) is 5.75 Å². The SMILES string of the molecule is CC1=C(C(=O)OCC(C)C)C(c2ccc(OCC(N)=O)cc2)NC(=S)N1. The summed E-state index contributed by atoms with van der Waals surface area (Å²) in [5, 5.41) is 6.50. The number of allylic oxidation sites excluding steroid dienone is 1. The fourth-order valence-electron chi connectivity index (χ4n) is 2.45. The molecule has 1 amide bonds. The zero-order valence-corrected chi connectivity index (χ0v) is 15.8. The number of thiocarbonyl (C=S) groups is 1. The number of amides is 1. The van der Waals surface area contributed by atoms with E-state index in [1.165, 1.54) is 0 Å². The van der Waals surface area contributed by atoms with Crippen LogP contribution in [0.25, 0.3) is 0 Å². The summed E-state index contributed by atoms with van der Waals surface area (Å²) in [6, 6.07) is 6.57. The number of rotatable bonds is 7. The molecule has 0 saturated heterocycles. The summed E-state index contributed by atoms with van der Waals surface area (Å²) in [6.45, 7) is 5.89. The molecule has 1 aliphatic heterocycles. The van der Waals surface area contributed by atoms with Crippen LogP contribution in [0.1, 0.15) is 32.4 Å². The van der Waals surface area contributed by atoms with Crippen molar-refractivity contribution in [3.63, 3.8) is 0 Å². The predicted octanol–water partition coefficient (Wildman–Crippen LogP) is 1.54. The van der Waals surface area contributed by atoms with Gasteiger partial charge in [0.25, 0.3) is 5.91 Å². The molecule has 1 heterocycles. The Morgan fingerprint density at radius 1 is 1.27 bits per heavy atom. The number of hydrogen-bond acceptors (Lipinski definition) is 5. The van der Waals surface area contributed by atoms with Crippen molar-refractivity contribution in [3.8, 4) is 5.75 Å². The normalized spacial score (nSPS) is 16.8. The van der Waals surface area contributed by atoms with Crippen molar-refractivity contribution in [1.82, 2.24) is 10.6 Å². The molecule has 0 aromatic heterocycles. The molecule has 0 fully saturated rings. The van der Waals surface area contributed by atoms with Gasteiger partial charge in [-0.2, -0.15) is 0 Å². The van der Waals surface area contributed by atoms with Crippen LogP contribution in [0.15, 0.2) is 35.5 Å². The van der Waals surface area contributed by atoms with Gasteiger partial charge in [0.1, 0.15) is 5.75 Å². The van der Waals surface area contributed by atoms with Crippen LogP contribution in [0.3, 0.4) is 0 Å². The standard InChI is InChI=1S/C18H23N3O4S/c1-10(2)8-25-17(23)15-11(3)20-18(26)21-16(15)12-4-6-13(7-5-12)24-9-14(19)22/h4-7,10,16H,8-9H2,1-3H3,(H2,19,22)(H2,20,21,26). The van der Waals surface area contributed by atoms with E-state index in [0.717, 1.165) is 5.56 Å². The quantitative estimate of drug-likeness (QED) is 0.489. The number of benzene rings is 1. The molecular formula is C18H23N3O4S. The molecule has 1 atom stereocenters. The maximum Gasteiger partial charge on any atom is 0.338 e. The van der Waals surface area contributed by atoms with Crippen LogP contribution in [-0.2, 0) is 14.3 Å². The molecule has 140 valence electrons. The average Bonchev–Trinajstić information content (AvgIpc) is 2.57. The summed E-state index contributed by atoms with van der Waals surface area (Å²) in [5.74, 6) is -0.190. The fourth-order valence-corrected chi connectivity index (χ4v) is 2.72. The Morgan fingerprint density at radius 3 is 2.50 bits per heavy atom. The van der Waals surface area contributed by atoms with Crippen LogP contribution in [-0.4, -0.2) is 30.2 Å². The van der Waals surface area contributed by atoms with Crippen LogP contribution >= 0.6 is 12.2 Å². The highest BCUT2D eigenvalue weighted by molar-refractivity contribution is 7.80. The molecular weight excluding hydrogens is 354 g/mol. The first-order valence-corrected chi connectivity index (χ1v) is 8.65. The number of carbonyl (C=O) groups is 2. The Labute approximate surface area is 157 Å². The predicted molar refractivity (Wildman–Crippen MR) is 101 cm³/mol. The lowest BCUT2D eigenvalue weighted by atomic mass is 9.95. The van der Waals surface area contributed by atoms with E-state index in [0.29, 0.717) is 28.7 Å². The first-order chi connectivity index (χ1) is 12.3. The molecule has 0 saturated carbocycles. The zero-order valence-electron chi connectivity index (χ0n) is 15.0. The number of nitrogens with two attached hydrogens (primary N) is 1. The van der Waals surface area contributed by atoms with E-state index >= 15 is 0 Å². The summed E-state index contributed by atoms with van der Waals surface area (Å²) in [4.78, 5) is 23.4. The second-order valence-corrected chi connectivity index (χ2v) is 6.79. The van der Waals surface area contributed by atoms with Crippen LogP contribution in [0.2, 0.25) is 0 Å². The van der Waals surface area contributed by atoms with Gasteiger partial charge >= 0.3 is 5.97 Å². The minimum atomic E-state index is -0.548. The molecule has 4 N–H and O–H groups in total. The van der Waals surface area contributed by atoms with Gasteiger partial charge in [0.05, 0.1) is 18.2 Å². The Hall–Kier alpha value is -2.61. The van der Waals surface area contributed by atoms with Crippen molar-refractivity contribution in [1.29, 1.82) is 0 Å². The minimum absolute atomic E-state index is 0.194. The van der Waals surface area contributed by atoms with Crippen LogP contribution in [0, 0.1) is 5.92 Å². The summed E-state index contributed by atoms with van der Waals surface area (Å²) in [6.07, 6.45) is 0. The molecule has 1 aliphatic rings. The molecule has 0 aliphatic carbocycles. The van der Waals surface area contributed by atoms with Crippen molar-refractivity contribution in [2.75, 3.05) is 13.2 Å². The maximum absolute atomic E-state index is 12.6. The summed E-state index contributed by atoms with van der Waals surface area (Å²) in [5.41, 5.74) is 7.01. The smallest absolute Gasteiger partial charge is 0.338 e. The van der Waals surface area contributed by atoms with Gasteiger partial charge in [-0.3, -0.25) is 4.79 Å². The second kappa shape index (κ2) is 8.66. The van der Waals surface area contributed by atoms with Gasteiger partial charge in [0.2, 0.25) is 0 Å². The number of hydrogen-bond donors (Lipinski definition) is 3. The third-order valence-corrected chi connectivity index (χ3v) is 3.85. The molecule has 8 heteroatoms. The van der Waals surface area contributed by atoms with E-state index in [9.17, 15) is 9.59 Å². The van der Waals surface area contributed by atoms with Crippen molar-refractivity contribution in [3.05, 3.63) is 41.1 Å². The fraction of sp³-hybridized carbons (Fsp3) is 0.389. The monoisotopic (exact) mass is 377 g/mol.